The molecule has 1 saturated carbocycles. The first-order chi connectivity index (χ1) is 18.5. The molecule has 2 fully saturated rings. The van der Waals surface area contributed by atoms with E-state index in [9.17, 15) is 9.59 Å². The summed E-state index contributed by atoms with van der Waals surface area (Å²) < 4.78 is 5.61. The zero-order valence-electron chi connectivity index (χ0n) is 22.6. The van der Waals surface area contributed by atoms with E-state index < -0.39 is 0 Å². The standard InChI is InChI=1S/C28H39N7O3/c1-4-22-27(37)34(2)23-17-31-28(33-25(23)35(22)20-7-5-6-8-20)32-21-10-9-19(15-24(21)38-3)26(36)30-16-18-11-13-29-14-12-18/h9-10,15,17-18,20,22,29H,4-8,11-14,16H2,1-3H3,(H,30,36)(H,31,32,33)/t22-/m1/s1. The van der Waals surface area contributed by atoms with E-state index in [-0.39, 0.29) is 17.9 Å². The van der Waals surface area contributed by atoms with Crippen LogP contribution in [0.3, 0.4) is 0 Å². The molecule has 2 aliphatic heterocycles. The van der Waals surface area contributed by atoms with E-state index in [1.807, 2.05) is 6.07 Å². The molecule has 38 heavy (non-hydrogen) atoms. The molecule has 3 N–H and O–H groups in total. The summed E-state index contributed by atoms with van der Waals surface area (Å²) in [6.45, 7) is 4.74. The van der Waals surface area contributed by atoms with Crippen LogP contribution in [-0.2, 0) is 4.79 Å². The second-order valence-corrected chi connectivity index (χ2v) is 10.5. The van der Waals surface area contributed by atoms with Gasteiger partial charge < -0.3 is 30.5 Å². The first kappa shape index (κ1) is 26.2. The number of hydrogen-bond acceptors (Lipinski definition) is 8. The van der Waals surface area contributed by atoms with Crippen molar-refractivity contribution in [2.75, 3.05) is 48.9 Å². The van der Waals surface area contributed by atoms with Crippen molar-refractivity contribution in [2.24, 2.45) is 5.92 Å². The third-order valence-corrected chi connectivity index (χ3v) is 8.13. The molecule has 0 spiro atoms. The van der Waals surface area contributed by atoms with Gasteiger partial charge in [-0.2, -0.15) is 4.98 Å². The van der Waals surface area contributed by atoms with Crippen LogP contribution in [-0.4, -0.2) is 67.7 Å². The zero-order valence-corrected chi connectivity index (χ0v) is 22.6. The number of amides is 2. The minimum atomic E-state index is -0.226. The fourth-order valence-electron chi connectivity index (χ4n) is 5.92. The predicted octanol–water partition coefficient (Wildman–Crippen LogP) is 3.46. The molecule has 2 aromatic rings. The normalized spacial score (nSPS) is 20.4. The summed E-state index contributed by atoms with van der Waals surface area (Å²) in [6, 6.07) is 5.42. The average molecular weight is 522 g/mol. The Bertz CT molecular complexity index is 1160. The van der Waals surface area contributed by atoms with Gasteiger partial charge in [0.1, 0.15) is 17.5 Å². The van der Waals surface area contributed by atoms with Gasteiger partial charge in [-0.3, -0.25) is 9.59 Å². The van der Waals surface area contributed by atoms with Gasteiger partial charge in [0, 0.05) is 25.2 Å². The zero-order chi connectivity index (χ0) is 26.6. The van der Waals surface area contributed by atoms with Crippen molar-refractivity contribution >= 4 is 35.0 Å². The number of nitrogens with zero attached hydrogens (tertiary/aromatic N) is 4. The highest BCUT2D eigenvalue weighted by Crippen LogP contribution is 2.40. The minimum Gasteiger partial charge on any atom is -0.495 e. The van der Waals surface area contributed by atoms with E-state index >= 15 is 0 Å². The van der Waals surface area contributed by atoms with Crippen LogP contribution in [0.1, 0.15) is 62.2 Å². The lowest BCUT2D eigenvalue weighted by Crippen LogP contribution is -2.55. The van der Waals surface area contributed by atoms with E-state index in [2.05, 4.69) is 32.8 Å². The van der Waals surface area contributed by atoms with Crippen LogP contribution in [0.15, 0.2) is 24.4 Å². The Balaban J connectivity index is 1.36. The van der Waals surface area contributed by atoms with Crippen LogP contribution >= 0.6 is 0 Å². The highest BCUT2D eigenvalue weighted by Gasteiger charge is 2.41. The van der Waals surface area contributed by atoms with Crippen molar-refractivity contribution in [1.29, 1.82) is 0 Å². The lowest BCUT2D eigenvalue weighted by molar-refractivity contribution is -0.120. The second kappa shape index (κ2) is 11.6. The predicted molar refractivity (Wildman–Crippen MR) is 148 cm³/mol. The summed E-state index contributed by atoms with van der Waals surface area (Å²) in [5, 5.41) is 9.70. The van der Waals surface area contributed by atoms with Crippen LogP contribution in [0.4, 0.5) is 23.1 Å². The smallest absolute Gasteiger partial charge is 0.251 e. The van der Waals surface area contributed by atoms with Crippen molar-refractivity contribution in [3.8, 4) is 5.75 Å². The fourth-order valence-corrected chi connectivity index (χ4v) is 5.92. The molecule has 3 aliphatic rings. The molecule has 204 valence electrons. The minimum absolute atomic E-state index is 0.0897. The molecule has 0 radical (unpaired) electrons. The number of likely N-dealkylation sites (N-methyl/N-ethyl adjacent to an activating group) is 1. The second-order valence-electron chi connectivity index (χ2n) is 10.5. The summed E-state index contributed by atoms with van der Waals surface area (Å²) in [6.07, 6.45) is 9.06. The third-order valence-electron chi connectivity index (χ3n) is 8.13. The Hall–Kier alpha value is -3.40. The lowest BCUT2D eigenvalue weighted by Gasteiger charge is -2.43. The van der Waals surface area contributed by atoms with Crippen LogP contribution in [0.25, 0.3) is 0 Å². The fraction of sp³-hybridized carbons (Fsp3) is 0.571. The van der Waals surface area contributed by atoms with Gasteiger partial charge in [0.05, 0.1) is 19.0 Å². The van der Waals surface area contributed by atoms with Gasteiger partial charge in [-0.05, 0) is 69.3 Å². The molecule has 5 rings (SSSR count). The number of anilines is 4. The maximum absolute atomic E-state index is 13.1. The van der Waals surface area contributed by atoms with Crippen LogP contribution in [0.2, 0.25) is 0 Å². The Morgan fingerprint density at radius 1 is 1.18 bits per heavy atom. The van der Waals surface area contributed by atoms with Crippen molar-refractivity contribution in [2.45, 2.75) is 64.0 Å². The van der Waals surface area contributed by atoms with Crippen molar-refractivity contribution in [3.05, 3.63) is 30.0 Å². The molecule has 2 amide bonds. The summed E-state index contributed by atoms with van der Waals surface area (Å²) in [7, 11) is 3.38. The van der Waals surface area contributed by atoms with E-state index in [1.54, 1.807) is 37.4 Å². The van der Waals surface area contributed by atoms with Crippen LogP contribution < -0.4 is 30.5 Å². The summed E-state index contributed by atoms with van der Waals surface area (Å²) in [4.78, 5) is 39.3. The van der Waals surface area contributed by atoms with Gasteiger partial charge in [-0.15, -0.1) is 0 Å². The SMILES string of the molecule is CC[C@@H]1C(=O)N(C)c2cnc(Nc3ccc(C(=O)NCC4CCNCC4)cc3OC)nc2N1C1CCCC1. The van der Waals surface area contributed by atoms with Gasteiger partial charge in [0.2, 0.25) is 11.9 Å². The lowest BCUT2D eigenvalue weighted by atomic mass is 9.98. The molecule has 1 aliphatic carbocycles. The molecular formula is C28H39N7O3. The van der Waals surface area contributed by atoms with Gasteiger partial charge in [-0.1, -0.05) is 19.8 Å². The summed E-state index contributed by atoms with van der Waals surface area (Å²) in [5.41, 5.74) is 1.94. The molecule has 1 saturated heterocycles. The maximum atomic E-state index is 13.1. The van der Waals surface area contributed by atoms with E-state index in [0.717, 1.165) is 56.7 Å². The molecule has 1 atom stereocenters. The average Bonchev–Trinajstić information content (AvgIpc) is 3.48. The topological polar surface area (TPSA) is 112 Å². The molecule has 0 bridgehead atoms. The number of carbonyl (C=O) groups is 2. The number of benzene rings is 1. The number of aromatic nitrogens is 2. The maximum Gasteiger partial charge on any atom is 0.251 e. The Kier molecular flexibility index (Phi) is 7.97. The third kappa shape index (κ3) is 5.27. The van der Waals surface area contributed by atoms with Gasteiger partial charge >= 0.3 is 0 Å². The number of piperidine rings is 1. The monoisotopic (exact) mass is 521 g/mol. The number of carbonyl (C=O) groups excluding carboxylic acids is 2. The quantitative estimate of drug-likeness (QED) is 0.484. The largest absolute Gasteiger partial charge is 0.495 e. The Labute approximate surface area is 224 Å². The molecule has 3 heterocycles. The molecule has 1 aromatic carbocycles. The van der Waals surface area contributed by atoms with Crippen molar-refractivity contribution in [1.82, 2.24) is 20.6 Å². The van der Waals surface area contributed by atoms with Gasteiger partial charge in [0.25, 0.3) is 5.91 Å². The molecule has 0 unspecified atom stereocenters. The van der Waals surface area contributed by atoms with Crippen molar-refractivity contribution < 1.29 is 14.3 Å². The van der Waals surface area contributed by atoms with Crippen LogP contribution in [0.5, 0.6) is 5.75 Å². The van der Waals surface area contributed by atoms with Crippen molar-refractivity contribution in [3.63, 3.8) is 0 Å². The number of methoxy groups -OCH3 is 1. The van der Waals surface area contributed by atoms with Crippen LogP contribution in [0, 0.1) is 5.92 Å². The van der Waals surface area contributed by atoms with E-state index in [4.69, 9.17) is 9.72 Å². The number of nitrogens with one attached hydrogen (secondary N) is 3. The highest BCUT2D eigenvalue weighted by atomic mass is 16.5. The molecular weight excluding hydrogens is 482 g/mol. The first-order valence-corrected chi connectivity index (χ1v) is 13.9. The number of rotatable bonds is 8. The Morgan fingerprint density at radius 2 is 1.95 bits per heavy atom. The molecule has 10 heteroatoms. The molecule has 10 nitrogen and oxygen atoms in total. The highest BCUT2D eigenvalue weighted by molar-refractivity contribution is 6.04. The number of hydrogen-bond donors (Lipinski definition) is 3. The van der Waals surface area contributed by atoms with Gasteiger partial charge in [-0.25, -0.2) is 4.98 Å². The number of ether oxygens (including phenoxy) is 1. The van der Waals surface area contributed by atoms with Gasteiger partial charge in [0.15, 0.2) is 5.82 Å². The number of fused-ring (bicyclic) bond motifs is 1. The first-order valence-electron chi connectivity index (χ1n) is 13.9. The molecule has 1 aromatic heterocycles. The van der Waals surface area contributed by atoms with E-state index in [0.29, 0.717) is 41.5 Å². The van der Waals surface area contributed by atoms with E-state index in [1.165, 1.54) is 12.8 Å². The summed E-state index contributed by atoms with van der Waals surface area (Å²) in [5.74, 6) is 2.24. The summed E-state index contributed by atoms with van der Waals surface area (Å²) >= 11 is 0. The Morgan fingerprint density at radius 3 is 2.66 bits per heavy atom.